The molecule has 5 nitrogen and oxygen atoms in total. The molecule has 1 unspecified atom stereocenters. The molecule has 1 saturated heterocycles. The summed E-state index contributed by atoms with van der Waals surface area (Å²) >= 11 is 0. The van der Waals surface area contributed by atoms with Gasteiger partial charge < -0.3 is 5.32 Å². The van der Waals surface area contributed by atoms with E-state index in [-0.39, 0.29) is 6.04 Å². The zero-order valence-corrected chi connectivity index (χ0v) is 11.3. The summed E-state index contributed by atoms with van der Waals surface area (Å²) in [6.45, 7) is 4.65. The highest BCUT2D eigenvalue weighted by Gasteiger charge is 2.29. The number of hydrogen-bond donors (Lipinski definition) is 2. The van der Waals surface area contributed by atoms with E-state index in [4.69, 9.17) is 0 Å². The molecule has 2 aliphatic rings. The second-order valence-electron chi connectivity index (χ2n) is 5.11. The Labute approximate surface area is 104 Å². The molecule has 1 aliphatic heterocycles. The van der Waals surface area contributed by atoms with Crippen LogP contribution in [0.3, 0.4) is 0 Å². The number of piperazine rings is 1. The van der Waals surface area contributed by atoms with Gasteiger partial charge in [-0.05, 0) is 25.7 Å². The third-order valence-electron chi connectivity index (χ3n) is 3.86. The van der Waals surface area contributed by atoms with Crippen molar-refractivity contribution in [1.29, 1.82) is 0 Å². The van der Waals surface area contributed by atoms with Crippen LogP contribution in [0.1, 0.15) is 32.6 Å². The first-order valence-corrected chi connectivity index (χ1v) is 8.02. The minimum absolute atomic E-state index is 0.0670. The lowest BCUT2D eigenvalue weighted by molar-refractivity contribution is 0.342. The molecule has 1 atom stereocenters. The maximum absolute atomic E-state index is 12.1. The van der Waals surface area contributed by atoms with Gasteiger partial charge >= 0.3 is 0 Å². The number of nitrogens with zero attached hydrogens (tertiary/aromatic N) is 1. The van der Waals surface area contributed by atoms with Crippen LogP contribution in [0.5, 0.6) is 0 Å². The van der Waals surface area contributed by atoms with Gasteiger partial charge in [0, 0.05) is 32.2 Å². The Morgan fingerprint density at radius 1 is 1.24 bits per heavy atom. The summed E-state index contributed by atoms with van der Waals surface area (Å²) in [6.07, 6.45) is 4.80. The van der Waals surface area contributed by atoms with Crippen LogP contribution >= 0.6 is 0 Å². The van der Waals surface area contributed by atoms with Crippen molar-refractivity contribution in [2.75, 3.05) is 26.2 Å². The van der Waals surface area contributed by atoms with E-state index in [1.165, 1.54) is 12.8 Å². The highest BCUT2D eigenvalue weighted by molar-refractivity contribution is 7.87. The maximum atomic E-state index is 12.1. The third-order valence-corrected chi connectivity index (χ3v) is 5.57. The largest absolute Gasteiger partial charge is 0.314 e. The lowest BCUT2D eigenvalue weighted by Crippen LogP contribution is -2.52. The summed E-state index contributed by atoms with van der Waals surface area (Å²) in [5.41, 5.74) is 0. The summed E-state index contributed by atoms with van der Waals surface area (Å²) in [5.74, 6) is 0.521. The standard InChI is InChI=1S/C11H23N3O2S/c1-10(11-4-2-3-5-11)13-17(15,16)14-8-6-12-7-9-14/h10-13H,2-9H2,1H3. The van der Waals surface area contributed by atoms with Crippen LogP contribution in [-0.4, -0.2) is 44.9 Å². The van der Waals surface area contributed by atoms with Crippen molar-refractivity contribution in [2.45, 2.75) is 38.6 Å². The molecule has 0 bridgehead atoms. The molecule has 0 aromatic carbocycles. The molecule has 6 heteroatoms. The van der Waals surface area contributed by atoms with Crippen molar-refractivity contribution in [3.8, 4) is 0 Å². The molecular formula is C11H23N3O2S. The van der Waals surface area contributed by atoms with Crippen LogP contribution in [0.25, 0.3) is 0 Å². The molecule has 1 heterocycles. The molecule has 2 rings (SSSR count). The smallest absolute Gasteiger partial charge is 0.279 e. The maximum Gasteiger partial charge on any atom is 0.279 e. The molecular weight excluding hydrogens is 238 g/mol. The molecule has 100 valence electrons. The summed E-state index contributed by atoms with van der Waals surface area (Å²) in [4.78, 5) is 0. The lowest BCUT2D eigenvalue weighted by Gasteiger charge is -2.29. The molecule has 0 aromatic heterocycles. The quantitative estimate of drug-likeness (QED) is 0.765. The van der Waals surface area contributed by atoms with Crippen LogP contribution in [0.4, 0.5) is 0 Å². The van der Waals surface area contributed by atoms with E-state index in [1.807, 2.05) is 6.92 Å². The fraction of sp³-hybridized carbons (Fsp3) is 1.00. The molecule has 0 amide bonds. The number of hydrogen-bond acceptors (Lipinski definition) is 3. The van der Waals surface area contributed by atoms with Gasteiger partial charge in [-0.2, -0.15) is 17.4 Å². The topological polar surface area (TPSA) is 61.4 Å². The van der Waals surface area contributed by atoms with Crippen molar-refractivity contribution in [3.05, 3.63) is 0 Å². The van der Waals surface area contributed by atoms with Crippen LogP contribution in [-0.2, 0) is 10.2 Å². The second-order valence-corrected chi connectivity index (χ2v) is 6.81. The molecule has 1 saturated carbocycles. The number of nitrogens with one attached hydrogen (secondary N) is 2. The van der Waals surface area contributed by atoms with Crippen molar-refractivity contribution < 1.29 is 8.42 Å². The van der Waals surface area contributed by atoms with Gasteiger partial charge in [-0.1, -0.05) is 12.8 Å². The Morgan fingerprint density at radius 3 is 2.41 bits per heavy atom. The van der Waals surface area contributed by atoms with Gasteiger partial charge in [0.1, 0.15) is 0 Å². The predicted molar refractivity (Wildman–Crippen MR) is 67.9 cm³/mol. The van der Waals surface area contributed by atoms with E-state index in [2.05, 4.69) is 10.0 Å². The Kier molecular flexibility index (Phi) is 4.41. The monoisotopic (exact) mass is 261 g/mol. The first-order valence-electron chi connectivity index (χ1n) is 6.58. The Balaban J connectivity index is 1.91. The molecule has 1 aliphatic carbocycles. The third kappa shape index (κ3) is 3.40. The molecule has 0 radical (unpaired) electrons. The highest BCUT2D eigenvalue weighted by Crippen LogP contribution is 2.27. The fourth-order valence-corrected chi connectivity index (χ4v) is 4.22. The van der Waals surface area contributed by atoms with Gasteiger partial charge in [0.05, 0.1) is 0 Å². The van der Waals surface area contributed by atoms with E-state index in [0.717, 1.165) is 25.9 Å². The first kappa shape index (κ1) is 13.3. The average molecular weight is 261 g/mol. The van der Waals surface area contributed by atoms with Gasteiger partial charge in [-0.25, -0.2) is 0 Å². The van der Waals surface area contributed by atoms with Crippen molar-refractivity contribution >= 4 is 10.2 Å². The Morgan fingerprint density at radius 2 is 1.82 bits per heavy atom. The summed E-state index contributed by atoms with van der Waals surface area (Å²) < 4.78 is 28.7. The Bertz CT molecular complexity index is 333. The van der Waals surface area contributed by atoms with Crippen molar-refractivity contribution in [1.82, 2.24) is 14.3 Å². The highest BCUT2D eigenvalue weighted by atomic mass is 32.2. The lowest BCUT2D eigenvalue weighted by atomic mass is 10.0. The van der Waals surface area contributed by atoms with Crippen LogP contribution in [0, 0.1) is 5.92 Å². The molecule has 2 fully saturated rings. The zero-order chi connectivity index (χ0) is 12.3. The van der Waals surface area contributed by atoms with E-state index in [1.54, 1.807) is 4.31 Å². The minimum atomic E-state index is -3.28. The minimum Gasteiger partial charge on any atom is -0.314 e. The average Bonchev–Trinajstić information content (AvgIpc) is 2.83. The van der Waals surface area contributed by atoms with E-state index < -0.39 is 10.2 Å². The first-order chi connectivity index (χ1) is 8.09. The van der Waals surface area contributed by atoms with Crippen LogP contribution in [0.2, 0.25) is 0 Å². The SMILES string of the molecule is CC(NS(=O)(=O)N1CCNCC1)C1CCCC1. The zero-order valence-electron chi connectivity index (χ0n) is 10.5. The van der Waals surface area contributed by atoms with Crippen molar-refractivity contribution in [2.24, 2.45) is 5.92 Å². The molecule has 17 heavy (non-hydrogen) atoms. The van der Waals surface area contributed by atoms with Gasteiger partial charge in [0.15, 0.2) is 0 Å². The van der Waals surface area contributed by atoms with Gasteiger partial charge in [0.25, 0.3) is 10.2 Å². The normalized spacial score (nSPS) is 26.2. The second kappa shape index (κ2) is 5.65. The van der Waals surface area contributed by atoms with Crippen LogP contribution in [0.15, 0.2) is 0 Å². The van der Waals surface area contributed by atoms with Gasteiger partial charge in [-0.15, -0.1) is 0 Å². The van der Waals surface area contributed by atoms with E-state index in [9.17, 15) is 8.42 Å². The van der Waals surface area contributed by atoms with Crippen molar-refractivity contribution in [3.63, 3.8) is 0 Å². The number of rotatable bonds is 4. The Hall–Kier alpha value is -0.170. The molecule has 0 aromatic rings. The molecule has 0 spiro atoms. The molecule has 2 N–H and O–H groups in total. The van der Waals surface area contributed by atoms with E-state index >= 15 is 0 Å². The van der Waals surface area contributed by atoms with Crippen LogP contribution < -0.4 is 10.0 Å². The predicted octanol–water partition coefficient (Wildman–Crippen LogP) is 0.305. The van der Waals surface area contributed by atoms with Gasteiger partial charge in [0.2, 0.25) is 0 Å². The summed E-state index contributed by atoms with van der Waals surface area (Å²) in [6, 6.07) is 0.0670. The fourth-order valence-electron chi connectivity index (χ4n) is 2.75. The van der Waals surface area contributed by atoms with E-state index in [0.29, 0.717) is 19.0 Å². The summed E-state index contributed by atoms with van der Waals surface area (Å²) in [5, 5.41) is 3.16. The van der Waals surface area contributed by atoms with Gasteiger partial charge in [-0.3, -0.25) is 0 Å². The summed E-state index contributed by atoms with van der Waals surface area (Å²) in [7, 11) is -3.28.